The van der Waals surface area contributed by atoms with Crippen molar-refractivity contribution in [2.45, 2.75) is 76.9 Å². The second-order valence-electron chi connectivity index (χ2n) is 8.46. The third kappa shape index (κ3) is 4.57. The number of piperidine rings is 1. The molecule has 1 aliphatic heterocycles. The molecular weight excluding hydrogens is 314 g/mol. The number of carbonyl (C=O) groups excluding carboxylic acids is 1. The maximum atomic E-state index is 12.4. The lowest BCUT2D eigenvalue weighted by Gasteiger charge is -2.46. The minimum Gasteiger partial charge on any atom is -0.353 e. The largest absolute Gasteiger partial charge is 0.353 e. The fourth-order valence-corrected chi connectivity index (χ4v) is 4.19. The van der Waals surface area contributed by atoms with E-state index in [1.54, 1.807) is 0 Å². The molecular formula is C19H29N5O. The van der Waals surface area contributed by atoms with Gasteiger partial charge in [0.05, 0.1) is 0 Å². The van der Waals surface area contributed by atoms with Gasteiger partial charge < -0.3 is 10.6 Å². The van der Waals surface area contributed by atoms with Crippen molar-refractivity contribution in [3.8, 4) is 0 Å². The third-order valence-corrected chi connectivity index (χ3v) is 4.74. The van der Waals surface area contributed by atoms with Crippen molar-refractivity contribution in [2.75, 3.05) is 0 Å². The van der Waals surface area contributed by atoms with E-state index in [2.05, 4.69) is 48.5 Å². The third-order valence-electron chi connectivity index (χ3n) is 4.74. The highest BCUT2D eigenvalue weighted by Crippen LogP contribution is 2.28. The highest BCUT2D eigenvalue weighted by Gasteiger charge is 2.38. The van der Waals surface area contributed by atoms with Gasteiger partial charge in [-0.1, -0.05) is 6.07 Å². The van der Waals surface area contributed by atoms with Crippen LogP contribution in [0.4, 0.5) is 0 Å². The van der Waals surface area contributed by atoms with Crippen molar-refractivity contribution in [3.63, 3.8) is 0 Å². The highest BCUT2D eigenvalue weighted by molar-refractivity contribution is 5.76. The molecule has 6 heteroatoms. The Bertz CT molecular complexity index is 733. The molecule has 136 valence electrons. The topological polar surface area (TPSA) is 71.3 Å². The molecule has 0 unspecified atom stereocenters. The molecule has 6 nitrogen and oxygen atoms in total. The van der Waals surface area contributed by atoms with Crippen LogP contribution < -0.4 is 10.6 Å². The number of aromatic nitrogens is 3. The zero-order chi connectivity index (χ0) is 18.1. The van der Waals surface area contributed by atoms with E-state index >= 15 is 0 Å². The van der Waals surface area contributed by atoms with Crippen molar-refractivity contribution < 1.29 is 4.79 Å². The van der Waals surface area contributed by atoms with Crippen LogP contribution in [0.15, 0.2) is 24.4 Å². The van der Waals surface area contributed by atoms with E-state index in [4.69, 9.17) is 0 Å². The van der Waals surface area contributed by atoms with Crippen molar-refractivity contribution in [2.24, 2.45) is 0 Å². The molecule has 0 aliphatic carbocycles. The second-order valence-corrected chi connectivity index (χ2v) is 8.46. The zero-order valence-electron chi connectivity index (χ0n) is 15.7. The minimum absolute atomic E-state index is 0.0418. The van der Waals surface area contributed by atoms with Gasteiger partial charge >= 0.3 is 0 Å². The Morgan fingerprint density at radius 1 is 1.24 bits per heavy atom. The Balaban J connectivity index is 1.50. The Labute approximate surface area is 149 Å². The summed E-state index contributed by atoms with van der Waals surface area (Å²) in [6.07, 6.45) is 5.92. The van der Waals surface area contributed by atoms with Crippen LogP contribution in [0.3, 0.4) is 0 Å². The van der Waals surface area contributed by atoms with Gasteiger partial charge in [-0.15, -0.1) is 10.2 Å². The van der Waals surface area contributed by atoms with E-state index in [1.165, 1.54) is 0 Å². The number of hydrogen-bond acceptors (Lipinski definition) is 4. The maximum Gasteiger partial charge on any atom is 0.220 e. The van der Waals surface area contributed by atoms with Crippen LogP contribution in [-0.2, 0) is 11.2 Å². The molecule has 0 bridgehead atoms. The quantitative estimate of drug-likeness (QED) is 0.875. The predicted molar refractivity (Wildman–Crippen MR) is 98.4 cm³/mol. The number of carbonyl (C=O) groups is 1. The van der Waals surface area contributed by atoms with Gasteiger partial charge in [0.25, 0.3) is 0 Å². The van der Waals surface area contributed by atoms with Crippen molar-refractivity contribution in [1.82, 2.24) is 25.2 Å². The van der Waals surface area contributed by atoms with Gasteiger partial charge in [0, 0.05) is 36.2 Å². The van der Waals surface area contributed by atoms with Crippen LogP contribution in [0.25, 0.3) is 5.65 Å². The van der Waals surface area contributed by atoms with E-state index < -0.39 is 0 Å². The summed E-state index contributed by atoms with van der Waals surface area (Å²) < 4.78 is 1.98. The fourth-order valence-electron chi connectivity index (χ4n) is 4.19. The molecule has 1 saturated heterocycles. The first-order valence-corrected chi connectivity index (χ1v) is 9.11. The number of nitrogens with one attached hydrogen (secondary N) is 2. The smallest absolute Gasteiger partial charge is 0.220 e. The number of pyridine rings is 1. The van der Waals surface area contributed by atoms with E-state index in [0.717, 1.165) is 37.2 Å². The zero-order valence-corrected chi connectivity index (χ0v) is 15.7. The summed E-state index contributed by atoms with van der Waals surface area (Å²) >= 11 is 0. The molecule has 1 amide bonds. The van der Waals surface area contributed by atoms with Gasteiger partial charge in [-0.25, -0.2) is 0 Å². The molecule has 3 heterocycles. The first kappa shape index (κ1) is 17.9. The van der Waals surface area contributed by atoms with Crippen molar-refractivity contribution in [1.29, 1.82) is 0 Å². The number of fused-ring (bicyclic) bond motifs is 1. The molecule has 0 aromatic carbocycles. The molecule has 2 aromatic heterocycles. The lowest BCUT2D eigenvalue weighted by Crippen LogP contribution is -2.62. The summed E-state index contributed by atoms with van der Waals surface area (Å²) in [5.41, 5.74) is 0.932. The predicted octanol–water partition coefficient (Wildman–Crippen LogP) is 2.48. The Morgan fingerprint density at radius 2 is 1.96 bits per heavy atom. The Hall–Kier alpha value is -1.95. The monoisotopic (exact) mass is 343 g/mol. The SMILES string of the molecule is CC1(C)CC(NC(=O)CCCc2nnc3ccccn23)CC(C)(C)N1. The standard InChI is InChI=1S/C19H29N5O/c1-18(2)12-14(13-19(3,4)23-18)20-17(25)10-7-9-16-22-21-15-8-5-6-11-24(15)16/h5-6,8,11,14,23H,7,9-10,12-13H2,1-4H3,(H,20,25). The number of amides is 1. The molecule has 0 atom stereocenters. The lowest BCUT2D eigenvalue weighted by molar-refractivity contribution is -0.122. The van der Waals surface area contributed by atoms with Crippen molar-refractivity contribution in [3.05, 3.63) is 30.2 Å². The fraction of sp³-hybridized carbons (Fsp3) is 0.632. The van der Waals surface area contributed by atoms with E-state index in [0.29, 0.717) is 6.42 Å². The first-order chi connectivity index (χ1) is 11.7. The summed E-state index contributed by atoms with van der Waals surface area (Å²) in [6, 6.07) is 6.08. The van der Waals surface area contributed by atoms with Gasteiger partial charge in [-0.05, 0) is 59.1 Å². The molecule has 3 rings (SSSR count). The molecule has 2 N–H and O–H groups in total. The lowest BCUT2D eigenvalue weighted by atomic mass is 9.79. The average molecular weight is 343 g/mol. The summed E-state index contributed by atoms with van der Waals surface area (Å²) in [5, 5.41) is 15.2. The number of rotatable bonds is 5. The van der Waals surface area contributed by atoms with Crippen LogP contribution in [0.5, 0.6) is 0 Å². The Morgan fingerprint density at radius 3 is 2.68 bits per heavy atom. The normalized spacial score (nSPS) is 19.8. The van der Waals surface area contributed by atoms with Gasteiger partial charge in [0.2, 0.25) is 5.91 Å². The molecule has 1 aliphatic rings. The van der Waals surface area contributed by atoms with Crippen LogP contribution in [0.2, 0.25) is 0 Å². The molecule has 2 aromatic rings. The van der Waals surface area contributed by atoms with E-state index in [1.807, 2.05) is 28.8 Å². The second kappa shape index (κ2) is 6.75. The number of nitrogens with zero attached hydrogens (tertiary/aromatic N) is 3. The average Bonchev–Trinajstić information content (AvgIpc) is 2.87. The van der Waals surface area contributed by atoms with Crippen LogP contribution in [0.1, 0.15) is 59.2 Å². The molecule has 1 fully saturated rings. The van der Waals surface area contributed by atoms with Gasteiger partial charge in [0.15, 0.2) is 5.65 Å². The van der Waals surface area contributed by atoms with Crippen LogP contribution >= 0.6 is 0 Å². The highest BCUT2D eigenvalue weighted by atomic mass is 16.1. The van der Waals surface area contributed by atoms with E-state index in [-0.39, 0.29) is 23.0 Å². The number of aryl methyl sites for hydroxylation is 1. The molecule has 25 heavy (non-hydrogen) atoms. The first-order valence-electron chi connectivity index (χ1n) is 9.11. The van der Waals surface area contributed by atoms with Gasteiger partial charge in [0.1, 0.15) is 5.82 Å². The molecule has 0 spiro atoms. The molecule has 0 saturated carbocycles. The number of hydrogen-bond donors (Lipinski definition) is 2. The summed E-state index contributed by atoms with van der Waals surface area (Å²) in [7, 11) is 0. The van der Waals surface area contributed by atoms with Crippen LogP contribution in [0, 0.1) is 0 Å². The van der Waals surface area contributed by atoms with E-state index in [9.17, 15) is 4.79 Å². The summed E-state index contributed by atoms with van der Waals surface area (Å²) in [6.45, 7) is 8.79. The Kier molecular flexibility index (Phi) is 4.82. The van der Waals surface area contributed by atoms with Gasteiger partial charge in [-0.2, -0.15) is 0 Å². The van der Waals surface area contributed by atoms with Gasteiger partial charge in [-0.3, -0.25) is 9.20 Å². The van der Waals surface area contributed by atoms with Crippen LogP contribution in [-0.4, -0.2) is 37.6 Å². The maximum absolute atomic E-state index is 12.4. The summed E-state index contributed by atoms with van der Waals surface area (Å²) in [5.74, 6) is 1.04. The van der Waals surface area contributed by atoms with Crippen molar-refractivity contribution >= 4 is 11.6 Å². The minimum atomic E-state index is 0.0418. The summed E-state index contributed by atoms with van der Waals surface area (Å²) in [4.78, 5) is 12.4. The molecule has 0 radical (unpaired) electrons.